The van der Waals surface area contributed by atoms with Crippen molar-refractivity contribution >= 4 is 0 Å². The molecule has 3 heteroatoms. The van der Waals surface area contributed by atoms with Gasteiger partial charge in [-0.15, -0.1) is 0 Å². The van der Waals surface area contributed by atoms with Gasteiger partial charge in [-0.3, -0.25) is 0 Å². The van der Waals surface area contributed by atoms with Crippen LogP contribution >= 0.6 is 0 Å². The molecule has 1 aliphatic carbocycles. The maximum atomic E-state index is 13.4. The Kier molecular flexibility index (Phi) is 3.21. The van der Waals surface area contributed by atoms with Gasteiger partial charge in [-0.2, -0.15) is 0 Å². The van der Waals surface area contributed by atoms with Crippen LogP contribution in [-0.2, 0) is 6.54 Å². The minimum Gasteiger partial charge on any atom is -0.490 e. The number of rotatable bonds is 4. The Bertz CT molecular complexity index is 336. The molecule has 0 aromatic heterocycles. The first-order valence-corrected chi connectivity index (χ1v) is 5.41. The molecule has 0 aliphatic heterocycles. The number of para-hydroxylation sites is 1. The topological polar surface area (TPSA) is 35.2 Å². The third-order valence-electron chi connectivity index (χ3n) is 2.96. The van der Waals surface area contributed by atoms with Gasteiger partial charge in [0.15, 0.2) is 11.6 Å². The molecule has 2 nitrogen and oxygen atoms in total. The molecule has 82 valence electrons. The van der Waals surface area contributed by atoms with Crippen LogP contribution in [0.3, 0.4) is 0 Å². The Morgan fingerprint density at radius 1 is 1.40 bits per heavy atom. The monoisotopic (exact) mass is 209 g/mol. The van der Waals surface area contributed by atoms with Crippen LogP contribution in [0.1, 0.15) is 24.8 Å². The van der Waals surface area contributed by atoms with Crippen LogP contribution in [0.2, 0.25) is 0 Å². The highest BCUT2D eigenvalue weighted by Gasteiger charge is 2.19. The van der Waals surface area contributed by atoms with Crippen LogP contribution in [-0.4, -0.2) is 6.61 Å². The second-order valence-electron chi connectivity index (χ2n) is 4.04. The van der Waals surface area contributed by atoms with Crippen molar-refractivity contribution < 1.29 is 9.13 Å². The number of nitrogens with two attached hydrogens (primary N) is 1. The van der Waals surface area contributed by atoms with Gasteiger partial charge in [0.05, 0.1) is 6.61 Å². The van der Waals surface area contributed by atoms with Crippen molar-refractivity contribution in [3.63, 3.8) is 0 Å². The molecule has 2 N–H and O–H groups in total. The fourth-order valence-electron chi connectivity index (χ4n) is 1.74. The summed E-state index contributed by atoms with van der Waals surface area (Å²) >= 11 is 0. The van der Waals surface area contributed by atoms with Gasteiger partial charge in [0, 0.05) is 12.1 Å². The zero-order valence-corrected chi connectivity index (χ0v) is 8.71. The van der Waals surface area contributed by atoms with Crippen molar-refractivity contribution in [2.45, 2.75) is 25.8 Å². The van der Waals surface area contributed by atoms with E-state index in [-0.39, 0.29) is 5.82 Å². The second kappa shape index (κ2) is 4.62. The summed E-state index contributed by atoms with van der Waals surface area (Å²) in [6.45, 7) is 0.936. The Hall–Kier alpha value is -1.09. The van der Waals surface area contributed by atoms with Gasteiger partial charge in [-0.25, -0.2) is 4.39 Å². The predicted octanol–water partition coefficient (Wildman–Crippen LogP) is 2.46. The zero-order valence-electron chi connectivity index (χ0n) is 8.71. The van der Waals surface area contributed by atoms with E-state index in [9.17, 15) is 4.39 Å². The van der Waals surface area contributed by atoms with E-state index in [0.717, 1.165) is 5.56 Å². The highest BCUT2D eigenvalue weighted by molar-refractivity contribution is 5.34. The summed E-state index contributed by atoms with van der Waals surface area (Å²) in [5, 5.41) is 0. The Balaban J connectivity index is 2.04. The maximum absolute atomic E-state index is 13.4. The van der Waals surface area contributed by atoms with E-state index in [1.165, 1.54) is 25.3 Å². The van der Waals surface area contributed by atoms with Crippen LogP contribution in [0.15, 0.2) is 18.2 Å². The van der Waals surface area contributed by atoms with Crippen molar-refractivity contribution in [1.29, 1.82) is 0 Å². The molecule has 1 aromatic rings. The van der Waals surface area contributed by atoms with E-state index >= 15 is 0 Å². The molecule has 0 spiro atoms. The molecule has 1 fully saturated rings. The van der Waals surface area contributed by atoms with E-state index in [1.54, 1.807) is 12.1 Å². The van der Waals surface area contributed by atoms with Crippen molar-refractivity contribution in [3.05, 3.63) is 29.6 Å². The van der Waals surface area contributed by atoms with E-state index in [2.05, 4.69) is 0 Å². The van der Waals surface area contributed by atoms with Gasteiger partial charge in [0.25, 0.3) is 0 Å². The molecule has 0 radical (unpaired) electrons. The second-order valence-corrected chi connectivity index (χ2v) is 4.04. The molecular weight excluding hydrogens is 193 g/mol. The smallest absolute Gasteiger partial charge is 0.165 e. The molecule has 0 heterocycles. The lowest BCUT2D eigenvalue weighted by atomic mass is 9.86. The number of benzene rings is 1. The molecule has 15 heavy (non-hydrogen) atoms. The van der Waals surface area contributed by atoms with Crippen molar-refractivity contribution in [3.8, 4) is 5.75 Å². The van der Waals surface area contributed by atoms with Gasteiger partial charge in [0.1, 0.15) is 0 Å². The summed E-state index contributed by atoms with van der Waals surface area (Å²) in [6.07, 6.45) is 3.67. The van der Waals surface area contributed by atoms with Crippen LogP contribution in [0.4, 0.5) is 4.39 Å². The number of hydrogen-bond donors (Lipinski definition) is 1. The summed E-state index contributed by atoms with van der Waals surface area (Å²) in [5.41, 5.74) is 6.27. The average molecular weight is 209 g/mol. The molecule has 0 saturated heterocycles. The van der Waals surface area contributed by atoms with Crippen molar-refractivity contribution in [1.82, 2.24) is 0 Å². The van der Waals surface area contributed by atoms with E-state index < -0.39 is 0 Å². The van der Waals surface area contributed by atoms with Crippen molar-refractivity contribution in [2.75, 3.05) is 6.61 Å². The minimum atomic E-state index is -0.308. The Morgan fingerprint density at radius 2 is 2.20 bits per heavy atom. The molecule has 1 aromatic carbocycles. The highest BCUT2D eigenvalue weighted by Crippen LogP contribution is 2.29. The van der Waals surface area contributed by atoms with Crippen LogP contribution in [0, 0.1) is 11.7 Å². The third-order valence-corrected chi connectivity index (χ3v) is 2.96. The van der Waals surface area contributed by atoms with Gasteiger partial charge in [0.2, 0.25) is 0 Å². The van der Waals surface area contributed by atoms with Crippen LogP contribution in [0.5, 0.6) is 5.75 Å². The normalized spacial score (nSPS) is 16.1. The molecule has 0 atom stereocenters. The van der Waals surface area contributed by atoms with Crippen LogP contribution < -0.4 is 10.5 Å². The molecule has 1 saturated carbocycles. The van der Waals surface area contributed by atoms with Gasteiger partial charge in [-0.05, 0) is 24.8 Å². The quantitative estimate of drug-likeness (QED) is 0.826. The third kappa shape index (κ3) is 2.29. The SMILES string of the molecule is NCc1cccc(F)c1OCC1CCC1. The summed E-state index contributed by atoms with van der Waals surface area (Å²) < 4.78 is 18.9. The van der Waals surface area contributed by atoms with Crippen LogP contribution in [0.25, 0.3) is 0 Å². The molecular formula is C12H16FNO. The zero-order chi connectivity index (χ0) is 10.7. The Labute approximate surface area is 89.2 Å². The summed E-state index contributed by atoms with van der Waals surface area (Å²) in [7, 11) is 0. The van der Waals surface area contributed by atoms with Crippen molar-refractivity contribution in [2.24, 2.45) is 11.7 Å². The largest absolute Gasteiger partial charge is 0.490 e. The van der Waals surface area contributed by atoms with E-state index in [0.29, 0.717) is 24.8 Å². The number of ether oxygens (including phenoxy) is 1. The Morgan fingerprint density at radius 3 is 2.80 bits per heavy atom. The van der Waals surface area contributed by atoms with E-state index in [4.69, 9.17) is 10.5 Å². The number of halogens is 1. The standard InChI is InChI=1S/C12H16FNO/c13-11-6-2-5-10(7-14)12(11)15-8-9-3-1-4-9/h2,5-6,9H,1,3-4,7-8,14H2. The maximum Gasteiger partial charge on any atom is 0.165 e. The minimum absolute atomic E-state index is 0.308. The molecule has 0 bridgehead atoms. The van der Waals surface area contributed by atoms with Gasteiger partial charge < -0.3 is 10.5 Å². The summed E-state index contributed by atoms with van der Waals surface area (Å²) in [4.78, 5) is 0. The predicted molar refractivity (Wildman–Crippen MR) is 57.1 cm³/mol. The van der Waals surface area contributed by atoms with Gasteiger partial charge >= 0.3 is 0 Å². The summed E-state index contributed by atoms with van der Waals surface area (Å²) in [5.74, 6) is 0.638. The first kappa shape index (κ1) is 10.4. The lowest BCUT2D eigenvalue weighted by molar-refractivity contribution is 0.174. The average Bonchev–Trinajstić information content (AvgIpc) is 2.17. The summed E-state index contributed by atoms with van der Waals surface area (Å²) in [6, 6.07) is 4.88. The molecule has 2 rings (SSSR count). The molecule has 0 amide bonds. The molecule has 0 unspecified atom stereocenters. The number of hydrogen-bond acceptors (Lipinski definition) is 2. The first-order chi connectivity index (χ1) is 7.31. The molecule has 1 aliphatic rings. The van der Waals surface area contributed by atoms with Gasteiger partial charge in [-0.1, -0.05) is 18.6 Å². The lowest BCUT2D eigenvalue weighted by Gasteiger charge is -2.25. The highest BCUT2D eigenvalue weighted by atomic mass is 19.1. The first-order valence-electron chi connectivity index (χ1n) is 5.41. The lowest BCUT2D eigenvalue weighted by Crippen LogP contribution is -2.20. The fourth-order valence-corrected chi connectivity index (χ4v) is 1.74. The van der Waals surface area contributed by atoms with E-state index in [1.807, 2.05) is 0 Å². The fraction of sp³-hybridized carbons (Fsp3) is 0.500.